The lowest BCUT2D eigenvalue weighted by Crippen LogP contribution is -2.45. The molecule has 6 heteroatoms. The van der Waals surface area contributed by atoms with Crippen LogP contribution in [0.4, 0.5) is 0 Å². The topological polar surface area (TPSA) is 81.4 Å². The van der Waals surface area contributed by atoms with E-state index in [4.69, 9.17) is 9.26 Å². The number of carbonyl (C=O) groups is 2. The summed E-state index contributed by atoms with van der Waals surface area (Å²) in [6.07, 6.45) is 4.58. The molecule has 0 aliphatic heterocycles. The Labute approximate surface area is 117 Å². The third kappa shape index (κ3) is 3.00. The zero-order valence-electron chi connectivity index (χ0n) is 11.9. The average molecular weight is 280 g/mol. The van der Waals surface area contributed by atoms with Crippen LogP contribution in [0.5, 0.6) is 0 Å². The maximum Gasteiger partial charge on any atom is 0.313 e. The van der Waals surface area contributed by atoms with E-state index in [1.807, 2.05) is 0 Å². The minimum atomic E-state index is -0.596. The lowest BCUT2D eigenvalue weighted by molar-refractivity contribution is -0.154. The molecule has 6 nitrogen and oxygen atoms in total. The van der Waals surface area contributed by atoms with Crippen LogP contribution in [0, 0.1) is 12.3 Å². The number of hydrogen-bond donors (Lipinski definition) is 1. The van der Waals surface area contributed by atoms with Crippen molar-refractivity contribution in [1.82, 2.24) is 10.5 Å². The molecule has 0 saturated heterocycles. The number of ether oxygens (including phenoxy) is 1. The molecular weight excluding hydrogens is 260 g/mol. The zero-order valence-corrected chi connectivity index (χ0v) is 11.9. The molecule has 1 heterocycles. The molecule has 1 aliphatic carbocycles. The molecule has 0 spiro atoms. The van der Waals surface area contributed by atoms with Gasteiger partial charge in [-0.05, 0) is 19.8 Å². The summed E-state index contributed by atoms with van der Waals surface area (Å²) in [6, 6.07) is 1.57. The predicted molar refractivity (Wildman–Crippen MR) is 71.1 cm³/mol. The molecular formula is C14H20N2O4. The fraction of sp³-hybridized carbons (Fsp3) is 0.643. The fourth-order valence-electron chi connectivity index (χ4n) is 2.71. The minimum absolute atomic E-state index is 0.235. The highest BCUT2D eigenvalue weighted by Gasteiger charge is 2.40. The Bertz CT molecular complexity index is 489. The summed E-state index contributed by atoms with van der Waals surface area (Å²) in [5, 5.41) is 6.44. The Balaban J connectivity index is 2.02. The van der Waals surface area contributed by atoms with Crippen LogP contribution in [0.2, 0.25) is 0 Å². The van der Waals surface area contributed by atoms with Gasteiger partial charge in [0.15, 0.2) is 5.69 Å². The molecule has 0 bridgehead atoms. The Kier molecular flexibility index (Phi) is 4.42. The van der Waals surface area contributed by atoms with E-state index in [1.165, 1.54) is 7.11 Å². The summed E-state index contributed by atoms with van der Waals surface area (Å²) in [5.41, 5.74) is -0.361. The number of carbonyl (C=O) groups excluding carboxylic acids is 2. The van der Waals surface area contributed by atoms with Crippen LogP contribution in [0.25, 0.3) is 0 Å². The number of amides is 1. The maximum atomic E-state index is 12.0. The molecule has 1 aliphatic rings. The third-order valence-electron chi connectivity index (χ3n) is 3.88. The van der Waals surface area contributed by atoms with Crippen molar-refractivity contribution in [3.05, 3.63) is 17.5 Å². The average Bonchev–Trinajstić information content (AvgIpc) is 2.91. The molecule has 1 amide bonds. The first kappa shape index (κ1) is 14.6. The van der Waals surface area contributed by atoms with E-state index in [9.17, 15) is 9.59 Å². The monoisotopic (exact) mass is 280 g/mol. The van der Waals surface area contributed by atoms with Gasteiger partial charge in [0.2, 0.25) is 0 Å². The predicted octanol–water partition coefficient (Wildman–Crippen LogP) is 1.84. The number of methoxy groups -OCH3 is 1. The summed E-state index contributed by atoms with van der Waals surface area (Å²) in [6.45, 7) is 2.01. The quantitative estimate of drug-likeness (QED) is 0.851. The van der Waals surface area contributed by atoms with Gasteiger partial charge in [0, 0.05) is 12.6 Å². The minimum Gasteiger partial charge on any atom is -0.469 e. The number of aromatic nitrogens is 1. The highest BCUT2D eigenvalue weighted by molar-refractivity contribution is 5.92. The fourth-order valence-corrected chi connectivity index (χ4v) is 2.71. The van der Waals surface area contributed by atoms with Crippen molar-refractivity contribution in [3.8, 4) is 0 Å². The zero-order chi connectivity index (χ0) is 14.6. The Morgan fingerprint density at radius 2 is 2.10 bits per heavy atom. The summed E-state index contributed by atoms with van der Waals surface area (Å²) in [5.74, 6) is 0.0139. The SMILES string of the molecule is COC(=O)C1(CNC(=O)c2cc(C)on2)CCCCC1. The van der Waals surface area contributed by atoms with Gasteiger partial charge >= 0.3 is 5.97 Å². The highest BCUT2D eigenvalue weighted by atomic mass is 16.5. The van der Waals surface area contributed by atoms with Gasteiger partial charge in [-0.15, -0.1) is 0 Å². The van der Waals surface area contributed by atoms with Crippen LogP contribution in [-0.2, 0) is 9.53 Å². The molecule has 110 valence electrons. The van der Waals surface area contributed by atoms with Crippen molar-refractivity contribution in [1.29, 1.82) is 0 Å². The van der Waals surface area contributed by atoms with Crippen LogP contribution in [-0.4, -0.2) is 30.7 Å². The molecule has 1 aromatic heterocycles. The molecule has 1 aromatic rings. The van der Waals surface area contributed by atoms with Crippen molar-refractivity contribution in [3.63, 3.8) is 0 Å². The number of nitrogens with one attached hydrogen (secondary N) is 1. The van der Waals surface area contributed by atoms with Gasteiger partial charge in [-0.1, -0.05) is 24.4 Å². The van der Waals surface area contributed by atoms with Gasteiger partial charge in [-0.2, -0.15) is 0 Å². The molecule has 0 aromatic carbocycles. The van der Waals surface area contributed by atoms with Crippen LogP contribution in [0.15, 0.2) is 10.6 Å². The number of esters is 1. The largest absolute Gasteiger partial charge is 0.469 e. The van der Waals surface area contributed by atoms with Gasteiger partial charge in [-0.25, -0.2) is 0 Å². The van der Waals surface area contributed by atoms with E-state index in [-0.39, 0.29) is 24.1 Å². The molecule has 0 unspecified atom stereocenters. The normalized spacial score (nSPS) is 17.5. The second-order valence-corrected chi connectivity index (χ2v) is 5.34. The standard InChI is InChI=1S/C14H20N2O4/c1-10-8-11(16-20-10)12(17)15-9-14(13(18)19-2)6-4-3-5-7-14/h8H,3-7,9H2,1-2H3,(H,15,17). The second-order valence-electron chi connectivity index (χ2n) is 5.34. The summed E-state index contributed by atoms with van der Waals surface area (Å²) >= 11 is 0. The van der Waals surface area contributed by atoms with E-state index in [1.54, 1.807) is 13.0 Å². The molecule has 2 rings (SSSR count). The van der Waals surface area contributed by atoms with Crippen molar-refractivity contribution in [2.75, 3.05) is 13.7 Å². The van der Waals surface area contributed by atoms with E-state index in [0.29, 0.717) is 5.76 Å². The van der Waals surface area contributed by atoms with Gasteiger partial charge in [0.25, 0.3) is 5.91 Å². The van der Waals surface area contributed by atoms with E-state index in [0.717, 1.165) is 32.1 Å². The Morgan fingerprint density at radius 3 is 2.65 bits per heavy atom. The number of hydrogen-bond acceptors (Lipinski definition) is 5. The number of nitrogens with zero attached hydrogens (tertiary/aromatic N) is 1. The number of aryl methyl sites for hydroxylation is 1. The molecule has 1 N–H and O–H groups in total. The van der Waals surface area contributed by atoms with Crippen molar-refractivity contribution >= 4 is 11.9 Å². The van der Waals surface area contributed by atoms with E-state index in [2.05, 4.69) is 10.5 Å². The molecule has 1 saturated carbocycles. The van der Waals surface area contributed by atoms with Crippen molar-refractivity contribution in [2.45, 2.75) is 39.0 Å². The second kappa shape index (κ2) is 6.07. The Morgan fingerprint density at radius 1 is 1.40 bits per heavy atom. The lowest BCUT2D eigenvalue weighted by Gasteiger charge is -2.34. The van der Waals surface area contributed by atoms with E-state index >= 15 is 0 Å². The summed E-state index contributed by atoms with van der Waals surface area (Å²) in [4.78, 5) is 24.0. The Hall–Kier alpha value is -1.85. The maximum absolute atomic E-state index is 12.0. The first-order valence-corrected chi connectivity index (χ1v) is 6.87. The van der Waals surface area contributed by atoms with Crippen molar-refractivity contribution in [2.24, 2.45) is 5.41 Å². The summed E-state index contributed by atoms with van der Waals surface area (Å²) in [7, 11) is 1.39. The summed E-state index contributed by atoms with van der Waals surface area (Å²) < 4.78 is 9.78. The molecule has 1 fully saturated rings. The number of rotatable bonds is 4. The van der Waals surface area contributed by atoms with Gasteiger partial charge in [0.1, 0.15) is 5.76 Å². The van der Waals surface area contributed by atoms with E-state index < -0.39 is 5.41 Å². The first-order valence-electron chi connectivity index (χ1n) is 6.87. The van der Waals surface area contributed by atoms with Crippen LogP contribution in [0.3, 0.4) is 0 Å². The van der Waals surface area contributed by atoms with Crippen LogP contribution in [0.1, 0.15) is 48.4 Å². The highest BCUT2D eigenvalue weighted by Crippen LogP contribution is 2.36. The van der Waals surface area contributed by atoms with Crippen LogP contribution >= 0.6 is 0 Å². The first-order chi connectivity index (χ1) is 9.57. The molecule has 0 atom stereocenters. The third-order valence-corrected chi connectivity index (χ3v) is 3.88. The lowest BCUT2D eigenvalue weighted by atomic mass is 9.74. The molecule has 0 radical (unpaired) electrons. The smallest absolute Gasteiger partial charge is 0.313 e. The van der Waals surface area contributed by atoms with Gasteiger partial charge < -0.3 is 14.6 Å². The van der Waals surface area contributed by atoms with Crippen molar-refractivity contribution < 1.29 is 18.8 Å². The van der Waals surface area contributed by atoms with Gasteiger partial charge in [-0.3, -0.25) is 9.59 Å². The molecule has 20 heavy (non-hydrogen) atoms. The van der Waals surface area contributed by atoms with Crippen LogP contribution < -0.4 is 5.32 Å². The van der Waals surface area contributed by atoms with Gasteiger partial charge in [0.05, 0.1) is 12.5 Å².